The summed E-state index contributed by atoms with van der Waals surface area (Å²) in [6, 6.07) is 0.0572. The summed E-state index contributed by atoms with van der Waals surface area (Å²) in [5.41, 5.74) is -3.23. The number of pyridine rings is 1. The Labute approximate surface area is 185 Å². The normalized spacial score (nSPS) is 26.4. The molecule has 2 unspecified atom stereocenters. The SMILES string of the molecule is [2H]C(F)(F)c1cc2cnc(NC3CCN(S(C)(=O)=O)CC3)nc2n(C2CCCC2(C)O)c1=O. The second-order valence-electron chi connectivity index (χ2n) is 8.81. The van der Waals surface area contributed by atoms with Gasteiger partial charge in [0.1, 0.15) is 7.02 Å². The summed E-state index contributed by atoms with van der Waals surface area (Å²) in [5.74, 6) is 0.177. The second kappa shape index (κ2) is 8.31. The van der Waals surface area contributed by atoms with E-state index in [-0.39, 0.29) is 23.0 Å². The summed E-state index contributed by atoms with van der Waals surface area (Å²) in [6.45, 7) is 2.26. The number of alkyl halides is 2. The van der Waals surface area contributed by atoms with Crippen molar-refractivity contribution in [1.29, 1.82) is 0 Å². The lowest BCUT2D eigenvalue weighted by Crippen LogP contribution is -2.42. The molecule has 0 aromatic carbocycles. The fourth-order valence-corrected chi connectivity index (χ4v) is 5.54. The largest absolute Gasteiger partial charge is 0.388 e. The number of halogens is 2. The Morgan fingerprint density at radius 1 is 1.34 bits per heavy atom. The average molecular weight is 473 g/mol. The third kappa shape index (κ3) is 4.35. The van der Waals surface area contributed by atoms with Crippen molar-refractivity contribution in [3.63, 3.8) is 0 Å². The standard InChI is InChI=1S/C20H27F2N5O4S/c1-20(29)7-3-4-15(20)27-17-12(10-14(16(21)22)18(27)28)11-23-19(25-17)24-13-5-8-26(9-6-13)32(2,30)31/h10-11,13,15-16,29H,3-9H2,1-2H3,(H,23,24,25)/i16D. The summed E-state index contributed by atoms with van der Waals surface area (Å²) in [4.78, 5) is 21.7. The number of aliphatic hydroxyl groups is 1. The van der Waals surface area contributed by atoms with Gasteiger partial charge in [0.05, 0.1) is 23.5 Å². The van der Waals surface area contributed by atoms with E-state index in [0.29, 0.717) is 45.2 Å². The minimum atomic E-state index is -4.11. The Morgan fingerprint density at radius 3 is 2.59 bits per heavy atom. The fraction of sp³-hybridized carbons (Fsp3) is 0.650. The van der Waals surface area contributed by atoms with Gasteiger partial charge >= 0.3 is 0 Å². The van der Waals surface area contributed by atoms with E-state index in [1.165, 1.54) is 16.8 Å². The van der Waals surface area contributed by atoms with Crippen LogP contribution in [0.25, 0.3) is 11.0 Å². The molecule has 2 aromatic heterocycles. The van der Waals surface area contributed by atoms with E-state index >= 15 is 0 Å². The van der Waals surface area contributed by atoms with Gasteiger partial charge in [-0.05, 0) is 45.1 Å². The summed E-state index contributed by atoms with van der Waals surface area (Å²) < 4.78 is 60.8. The maximum atomic E-state index is 13.9. The van der Waals surface area contributed by atoms with Gasteiger partial charge in [-0.1, -0.05) is 0 Å². The number of fused-ring (bicyclic) bond motifs is 1. The van der Waals surface area contributed by atoms with Gasteiger partial charge < -0.3 is 10.4 Å². The van der Waals surface area contributed by atoms with Crippen LogP contribution in [0.2, 0.25) is 0 Å². The molecule has 32 heavy (non-hydrogen) atoms. The monoisotopic (exact) mass is 472 g/mol. The minimum Gasteiger partial charge on any atom is -0.388 e. The number of rotatable bonds is 5. The zero-order chi connectivity index (χ0) is 24.2. The number of aromatic nitrogens is 3. The minimum absolute atomic E-state index is 0.103. The van der Waals surface area contributed by atoms with Gasteiger partial charge in [-0.15, -0.1) is 0 Å². The van der Waals surface area contributed by atoms with E-state index in [0.717, 1.165) is 10.6 Å². The first kappa shape index (κ1) is 21.7. The number of hydrogen-bond donors (Lipinski definition) is 2. The Hall–Kier alpha value is -2.18. The van der Waals surface area contributed by atoms with Crippen LogP contribution in [-0.2, 0) is 10.0 Å². The van der Waals surface area contributed by atoms with Crippen molar-refractivity contribution in [3.8, 4) is 0 Å². The van der Waals surface area contributed by atoms with Crippen molar-refractivity contribution in [2.45, 2.75) is 63.1 Å². The fourth-order valence-electron chi connectivity index (χ4n) is 4.67. The van der Waals surface area contributed by atoms with E-state index in [2.05, 4.69) is 15.3 Å². The number of hydrogen-bond acceptors (Lipinski definition) is 7. The summed E-state index contributed by atoms with van der Waals surface area (Å²) in [6.07, 6.45) is 0.855. The molecule has 9 nitrogen and oxygen atoms in total. The number of anilines is 1. The van der Waals surface area contributed by atoms with Crippen molar-refractivity contribution in [3.05, 3.63) is 28.2 Å². The molecule has 1 saturated heterocycles. The smallest absolute Gasteiger partial charge is 0.269 e. The highest BCUT2D eigenvalue weighted by Gasteiger charge is 2.40. The number of nitrogens with zero attached hydrogens (tertiary/aromatic N) is 4. The van der Waals surface area contributed by atoms with E-state index in [4.69, 9.17) is 1.37 Å². The number of nitrogens with one attached hydrogen (secondary N) is 1. The highest BCUT2D eigenvalue weighted by Crippen LogP contribution is 2.39. The van der Waals surface area contributed by atoms with Crippen molar-refractivity contribution in [2.24, 2.45) is 0 Å². The molecule has 1 saturated carbocycles. The molecule has 2 atom stereocenters. The van der Waals surface area contributed by atoms with Crippen molar-refractivity contribution in [1.82, 2.24) is 18.8 Å². The molecule has 176 valence electrons. The van der Waals surface area contributed by atoms with E-state index in [9.17, 15) is 27.1 Å². The molecule has 0 spiro atoms. The lowest BCUT2D eigenvalue weighted by atomic mass is 9.99. The molecule has 2 aliphatic rings. The van der Waals surface area contributed by atoms with Crippen LogP contribution in [0.15, 0.2) is 17.1 Å². The Bertz CT molecular complexity index is 1220. The summed E-state index contributed by atoms with van der Waals surface area (Å²) in [5, 5.41) is 14.1. The zero-order valence-corrected chi connectivity index (χ0v) is 18.7. The molecule has 2 N–H and O–H groups in total. The van der Waals surface area contributed by atoms with Crippen LogP contribution in [0.4, 0.5) is 14.7 Å². The first-order valence-electron chi connectivity index (χ1n) is 11.0. The number of sulfonamides is 1. The molecule has 1 aliphatic carbocycles. The molecular weight excluding hydrogens is 444 g/mol. The molecular formula is C20H27F2N5O4S. The van der Waals surface area contributed by atoms with Gasteiger partial charge in [-0.25, -0.2) is 26.5 Å². The lowest BCUT2D eigenvalue weighted by molar-refractivity contribution is 0.0261. The maximum absolute atomic E-state index is 13.9. The molecule has 0 bridgehead atoms. The molecule has 2 fully saturated rings. The van der Waals surface area contributed by atoms with E-state index in [1.807, 2.05) is 0 Å². The van der Waals surface area contributed by atoms with Crippen molar-refractivity contribution < 1.29 is 23.7 Å². The molecule has 0 amide bonds. The van der Waals surface area contributed by atoms with Gasteiger partial charge in [-0.3, -0.25) is 9.36 Å². The first-order chi connectivity index (χ1) is 15.3. The van der Waals surface area contributed by atoms with Gasteiger partial charge in [0.2, 0.25) is 16.0 Å². The summed E-state index contributed by atoms with van der Waals surface area (Å²) in [7, 11) is -3.26. The van der Waals surface area contributed by atoms with Crippen LogP contribution < -0.4 is 10.9 Å². The quantitative estimate of drug-likeness (QED) is 0.684. The van der Waals surface area contributed by atoms with Gasteiger partial charge in [-0.2, -0.15) is 4.98 Å². The topological polar surface area (TPSA) is 117 Å². The highest BCUT2D eigenvalue weighted by molar-refractivity contribution is 7.88. The Morgan fingerprint density at radius 2 is 2.03 bits per heavy atom. The van der Waals surface area contributed by atoms with Crippen LogP contribution >= 0.6 is 0 Å². The van der Waals surface area contributed by atoms with Crippen LogP contribution in [0, 0.1) is 0 Å². The summed E-state index contributed by atoms with van der Waals surface area (Å²) >= 11 is 0. The molecule has 2 aromatic rings. The average Bonchev–Trinajstić information content (AvgIpc) is 3.05. The molecule has 0 radical (unpaired) electrons. The van der Waals surface area contributed by atoms with Gasteiger partial charge in [0, 0.05) is 30.7 Å². The van der Waals surface area contributed by atoms with Crippen LogP contribution in [-0.4, -0.2) is 63.4 Å². The first-order valence-corrected chi connectivity index (χ1v) is 12.4. The predicted octanol–water partition coefficient (Wildman–Crippen LogP) is 2.04. The van der Waals surface area contributed by atoms with Crippen molar-refractivity contribution in [2.75, 3.05) is 24.7 Å². The van der Waals surface area contributed by atoms with Gasteiger partial charge in [0.15, 0.2) is 0 Å². The second-order valence-corrected chi connectivity index (χ2v) is 10.8. The predicted molar refractivity (Wildman–Crippen MR) is 115 cm³/mol. The van der Waals surface area contributed by atoms with Gasteiger partial charge in [0.25, 0.3) is 12.0 Å². The maximum Gasteiger partial charge on any atom is 0.269 e. The Balaban J connectivity index is 1.73. The lowest BCUT2D eigenvalue weighted by Gasteiger charge is -2.31. The van der Waals surface area contributed by atoms with Crippen LogP contribution in [0.5, 0.6) is 0 Å². The zero-order valence-electron chi connectivity index (χ0n) is 18.9. The Kier molecular flexibility index (Phi) is 5.62. The third-order valence-electron chi connectivity index (χ3n) is 6.42. The van der Waals surface area contributed by atoms with Crippen LogP contribution in [0.3, 0.4) is 0 Å². The van der Waals surface area contributed by atoms with Crippen LogP contribution in [0.1, 0.15) is 58.4 Å². The van der Waals surface area contributed by atoms with Crippen molar-refractivity contribution >= 4 is 27.0 Å². The molecule has 4 rings (SSSR count). The number of piperidine rings is 1. The highest BCUT2D eigenvalue weighted by atomic mass is 32.2. The third-order valence-corrected chi connectivity index (χ3v) is 7.73. The molecule has 1 aliphatic heterocycles. The molecule has 12 heteroatoms. The van der Waals surface area contributed by atoms with E-state index in [1.54, 1.807) is 6.92 Å². The molecule has 3 heterocycles. The van der Waals surface area contributed by atoms with E-state index < -0.39 is 39.2 Å².